The van der Waals surface area contributed by atoms with E-state index in [4.69, 9.17) is 22.4 Å². The highest BCUT2D eigenvalue weighted by molar-refractivity contribution is 7.66. The first-order valence-corrected chi connectivity index (χ1v) is 14.2. The SMILES string of the molecule is [B]C1OC(COP(=O)(O)OP(=O)(O)OP(=O)(O)O)C(O)C12CCCCCCCCC2. The molecule has 0 aromatic carbocycles. The van der Waals surface area contributed by atoms with Gasteiger partial charge in [-0.3, -0.25) is 4.52 Å². The molecule has 2 aliphatic rings. The van der Waals surface area contributed by atoms with E-state index in [1.807, 2.05) is 0 Å². The van der Waals surface area contributed by atoms with Gasteiger partial charge in [0.2, 0.25) is 0 Å². The number of hydrogen-bond acceptors (Lipinski definition) is 8. The molecule has 0 aromatic rings. The molecule has 5 atom stereocenters. The van der Waals surface area contributed by atoms with Crippen LogP contribution in [-0.4, -0.2) is 57.3 Å². The Balaban J connectivity index is 2.00. The monoisotopic (exact) mass is 492 g/mol. The zero-order valence-corrected chi connectivity index (χ0v) is 19.0. The zero-order chi connectivity index (χ0) is 22.6. The molecule has 1 heterocycles. The Bertz CT molecular complexity index is 704. The van der Waals surface area contributed by atoms with Crippen molar-refractivity contribution in [3.63, 3.8) is 0 Å². The summed E-state index contributed by atoms with van der Waals surface area (Å²) in [4.78, 5) is 35.8. The number of rotatable bonds is 7. The van der Waals surface area contributed by atoms with Crippen LogP contribution in [0.15, 0.2) is 0 Å². The summed E-state index contributed by atoms with van der Waals surface area (Å²) in [5, 5.41) is 10.9. The van der Waals surface area contributed by atoms with E-state index in [-0.39, 0.29) is 0 Å². The van der Waals surface area contributed by atoms with E-state index >= 15 is 0 Å². The highest BCUT2D eigenvalue weighted by Gasteiger charge is 2.53. The van der Waals surface area contributed by atoms with E-state index < -0.39 is 53.7 Å². The van der Waals surface area contributed by atoms with E-state index in [9.17, 15) is 28.6 Å². The first-order chi connectivity index (χ1) is 13.8. The molecule has 1 saturated heterocycles. The second kappa shape index (κ2) is 10.6. The summed E-state index contributed by atoms with van der Waals surface area (Å²) in [6.07, 6.45) is 6.04. The summed E-state index contributed by atoms with van der Waals surface area (Å²) in [5.41, 5.74) is -0.749. The molecule has 174 valence electrons. The third-order valence-corrected chi connectivity index (χ3v) is 9.23. The molecule has 1 spiro atoms. The molecule has 0 amide bonds. The van der Waals surface area contributed by atoms with Gasteiger partial charge in [-0.05, 0) is 12.8 Å². The van der Waals surface area contributed by atoms with Gasteiger partial charge in [-0.25, -0.2) is 13.7 Å². The van der Waals surface area contributed by atoms with Crippen molar-refractivity contribution >= 4 is 31.3 Å². The Kier molecular flexibility index (Phi) is 9.37. The number of phosphoric ester groups is 1. The molecule has 30 heavy (non-hydrogen) atoms. The fraction of sp³-hybridized carbons (Fsp3) is 1.00. The quantitative estimate of drug-likeness (QED) is 0.258. The predicted octanol–water partition coefficient (Wildman–Crippen LogP) is 2.09. The molecule has 5 N–H and O–H groups in total. The standard InChI is InChI=1S/C14H28BO12P3/c15-13-14(8-6-4-2-1-3-5-7-9-14)12(16)11(25-13)10-24-29(20,21)27-30(22,23)26-28(17,18)19/h11-13,16H,1-10H2,(H,20,21)(H,22,23)(H2,17,18,19). The number of ether oxygens (including phenoxy) is 1. The maximum absolute atomic E-state index is 11.9. The number of hydrogen-bond donors (Lipinski definition) is 5. The van der Waals surface area contributed by atoms with Crippen molar-refractivity contribution in [2.75, 3.05) is 6.61 Å². The minimum atomic E-state index is -5.61. The molecule has 12 nitrogen and oxygen atoms in total. The molecule has 1 aliphatic carbocycles. The fourth-order valence-electron chi connectivity index (χ4n) is 4.04. The molecule has 2 radical (unpaired) electrons. The van der Waals surface area contributed by atoms with Crippen LogP contribution in [0.4, 0.5) is 0 Å². The summed E-state index contributed by atoms with van der Waals surface area (Å²) in [5.74, 6) is 0. The maximum atomic E-state index is 11.9. The molecule has 1 aliphatic heterocycles. The topological polar surface area (TPSA) is 189 Å². The largest absolute Gasteiger partial charge is 0.490 e. The zero-order valence-electron chi connectivity index (χ0n) is 16.3. The van der Waals surface area contributed by atoms with Gasteiger partial charge in [0.25, 0.3) is 0 Å². The summed E-state index contributed by atoms with van der Waals surface area (Å²) < 4.78 is 51.4. The van der Waals surface area contributed by atoms with E-state index in [1.54, 1.807) is 0 Å². The lowest BCUT2D eigenvalue weighted by atomic mass is 9.64. The molecule has 16 heteroatoms. The fourth-order valence-corrected chi connectivity index (χ4v) is 7.07. The lowest BCUT2D eigenvalue weighted by molar-refractivity contribution is -0.0110. The highest BCUT2D eigenvalue weighted by Crippen LogP contribution is 2.66. The van der Waals surface area contributed by atoms with Crippen LogP contribution < -0.4 is 0 Å². The van der Waals surface area contributed by atoms with Gasteiger partial charge in [-0.15, -0.1) is 0 Å². The smallest absolute Gasteiger partial charge is 0.390 e. The van der Waals surface area contributed by atoms with Gasteiger partial charge < -0.3 is 29.4 Å². The van der Waals surface area contributed by atoms with Crippen molar-refractivity contribution in [1.29, 1.82) is 0 Å². The minimum Gasteiger partial charge on any atom is -0.390 e. The average molecular weight is 492 g/mol. The first kappa shape index (κ1) is 26.6. The Morgan fingerprint density at radius 2 is 1.37 bits per heavy atom. The van der Waals surface area contributed by atoms with Crippen molar-refractivity contribution < 1.29 is 56.3 Å². The molecule has 2 rings (SSSR count). The Morgan fingerprint density at radius 3 is 1.87 bits per heavy atom. The lowest BCUT2D eigenvalue weighted by Crippen LogP contribution is -2.42. The van der Waals surface area contributed by atoms with Crippen molar-refractivity contribution in [2.24, 2.45) is 5.41 Å². The van der Waals surface area contributed by atoms with E-state index in [1.165, 1.54) is 6.42 Å². The second-order valence-corrected chi connectivity index (χ2v) is 12.1. The predicted molar refractivity (Wildman–Crippen MR) is 104 cm³/mol. The van der Waals surface area contributed by atoms with Crippen LogP contribution in [0.1, 0.15) is 57.8 Å². The van der Waals surface area contributed by atoms with Crippen LogP contribution in [-0.2, 0) is 31.6 Å². The molecular weight excluding hydrogens is 464 g/mol. The van der Waals surface area contributed by atoms with E-state index in [0.29, 0.717) is 12.8 Å². The molecule has 1 saturated carbocycles. The maximum Gasteiger partial charge on any atom is 0.490 e. The normalized spacial score (nSPS) is 32.4. The van der Waals surface area contributed by atoms with Crippen LogP contribution >= 0.6 is 23.5 Å². The summed E-state index contributed by atoms with van der Waals surface area (Å²) in [6.45, 7) is -0.708. The van der Waals surface area contributed by atoms with Gasteiger partial charge in [0.1, 0.15) is 14.0 Å². The highest BCUT2D eigenvalue weighted by atomic mass is 31.3. The third-order valence-electron chi connectivity index (χ3n) is 5.43. The van der Waals surface area contributed by atoms with Gasteiger partial charge in [0.15, 0.2) is 0 Å². The Labute approximate surface area is 176 Å². The summed E-state index contributed by atoms with van der Waals surface area (Å²) >= 11 is 0. The summed E-state index contributed by atoms with van der Waals surface area (Å²) in [7, 11) is -10.2. The molecule has 0 aromatic heterocycles. The van der Waals surface area contributed by atoms with Crippen molar-refractivity contribution in [2.45, 2.75) is 76.0 Å². The average Bonchev–Trinajstić information content (AvgIpc) is 2.81. The number of aliphatic hydroxyl groups excluding tert-OH is 1. The van der Waals surface area contributed by atoms with Crippen LogP contribution in [0.25, 0.3) is 0 Å². The molecular formula is C14H28BO12P3. The van der Waals surface area contributed by atoms with Crippen LogP contribution in [0.2, 0.25) is 0 Å². The van der Waals surface area contributed by atoms with Crippen LogP contribution in [0, 0.1) is 5.41 Å². The van der Waals surface area contributed by atoms with Gasteiger partial charge in [-0.2, -0.15) is 8.62 Å². The van der Waals surface area contributed by atoms with Gasteiger partial charge in [0, 0.05) is 11.4 Å². The van der Waals surface area contributed by atoms with Crippen molar-refractivity contribution in [3.05, 3.63) is 0 Å². The van der Waals surface area contributed by atoms with Gasteiger partial charge in [-0.1, -0.05) is 44.9 Å². The number of phosphoric acid groups is 3. The van der Waals surface area contributed by atoms with Crippen LogP contribution in [0.3, 0.4) is 0 Å². The van der Waals surface area contributed by atoms with E-state index in [0.717, 1.165) is 38.5 Å². The van der Waals surface area contributed by atoms with Gasteiger partial charge >= 0.3 is 23.5 Å². The Morgan fingerprint density at radius 1 is 0.867 bits per heavy atom. The third kappa shape index (κ3) is 7.76. The molecule has 2 fully saturated rings. The van der Waals surface area contributed by atoms with Crippen molar-refractivity contribution in [3.8, 4) is 0 Å². The lowest BCUT2D eigenvalue weighted by Gasteiger charge is -2.36. The first-order valence-electron chi connectivity index (χ1n) is 9.64. The van der Waals surface area contributed by atoms with Gasteiger partial charge in [0.05, 0.1) is 12.7 Å². The minimum absolute atomic E-state index is 0.612. The van der Waals surface area contributed by atoms with E-state index in [2.05, 4.69) is 13.1 Å². The van der Waals surface area contributed by atoms with Crippen LogP contribution in [0.5, 0.6) is 0 Å². The molecule has 5 unspecified atom stereocenters. The summed E-state index contributed by atoms with van der Waals surface area (Å²) in [6, 6.07) is -0.832. The number of aliphatic hydroxyl groups is 1. The molecule has 0 bridgehead atoms. The van der Waals surface area contributed by atoms with Crippen molar-refractivity contribution in [1.82, 2.24) is 0 Å². The second-order valence-electron chi connectivity index (χ2n) is 7.63. The Hall–Kier alpha value is 0.395.